The monoisotopic (exact) mass is 343 g/mol. The van der Waals surface area contributed by atoms with E-state index < -0.39 is 9.84 Å². The highest BCUT2D eigenvalue weighted by Crippen LogP contribution is 2.25. The number of nitrogens with one attached hydrogen (secondary N) is 1. The Morgan fingerprint density at radius 1 is 1.29 bits per heavy atom. The van der Waals surface area contributed by atoms with Crippen LogP contribution >= 0.6 is 23.1 Å². The number of rotatable bonds is 5. The van der Waals surface area contributed by atoms with Crippen LogP contribution in [-0.4, -0.2) is 36.5 Å². The first-order valence-electron chi connectivity index (χ1n) is 5.98. The van der Waals surface area contributed by atoms with Gasteiger partial charge in [-0.15, -0.1) is 10.2 Å². The predicted octanol–water partition coefficient (Wildman–Crippen LogP) is 2.31. The van der Waals surface area contributed by atoms with Gasteiger partial charge in [-0.1, -0.05) is 30.0 Å². The summed E-state index contributed by atoms with van der Waals surface area (Å²) in [5.41, 5.74) is 0.363. The van der Waals surface area contributed by atoms with Gasteiger partial charge in [-0.25, -0.2) is 8.42 Å². The molecule has 112 valence electrons. The van der Waals surface area contributed by atoms with E-state index in [4.69, 9.17) is 0 Å². The van der Waals surface area contributed by atoms with Gasteiger partial charge < -0.3 is 0 Å². The van der Waals surface area contributed by atoms with E-state index in [0.29, 0.717) is 10.7 Å². The van der Waals surface area contributed by atoms with Crippen molar-refractivity contribution in [2.45, 2.75) is 16.2 Å². The molecule has 0 saturated carbocycles. The lowest BCUT2D eigenvalue weighted by molar-refractivity contribution is 0.102. The molecule has 0 fully saturated rings. The summed E-state index contributed by atoms with van der Waals surface area (Å²) in [5, 5.41) is 10.9. The van der Waals surface area contributed by atoms with Gasteiger partial charge in [0.05, 0.1) is 4.90 Å². The van der Waals surface area contributed by atoms with Crippen molar-refractivity contribution in [3.8, 4) is 0 Å². The number of amides is 1. The van der Waals surface area contributed by atoms with Crippen molar-refractivity contribution in [2.24, 2.45) is 0 Å². The van der Waals surface area contributed by atoms with Gasteiger partial charge in [-0.3, -0.25) is 10.1 Å². The van der Waals surface area contributed by atoms with E-state index in [2.05, 4.69) is 15.5 Å². The molecule has 1 amide bonds. The molecule has 9 heteroatoms. The molecule has 0 atom stereocenters. The molecule has 0 bridgehead atoms. The SMILES string of the molecule is CCSc1nnc(NC(=O)c2ccc(S(C)(=O)=O)cc2)s1. The molecule has 1 heterocycles. The maximum atomic E-state index is 12.0. The minimum atomic E-state index is -3.26. The summed E-state index contributed by atoms with van der Waals surface area (Å²) in [5.74, 6) is 0.537. The smallest absolute Gasteiger partial charge is 0.257 e. The Kier molecular flexibility index (Phi) is 4.96. The molecule has 0 aliphatic carbocycles. The Morgan fingerprint density at radius 2 is 1.95 bits per heavy atom. The second-order valence-corrected chi connectivity index (χ2v) is 8.56. The average molecular weight is 343 g/mol. The van der Waals surface area contributed by atoms with Gasteiger partial charge >= 0.3 is 0 Å². The number of benzene rings is 1. The largest absolute Gasteiger partial charge is 0.296 e. The standard InChI is InChI=1S/C12H13N3O3S3/c1-3-19-12-15-14-11(20-12)13-10(16)8-4-6-9(7-5-8)21(2,17)18/h4-7H,3H2,1-2H3,(H,13,14,16). The molecule has 1 aromatic carbocycles. The van der Waals surface area contributed by atoms with Crippen LogP contribution in [0.2, 0.25) is 0 Å². The molecule has 1 N–H and O–H groups in total. The van der Waals surface area contributed by atoms with Crippen LogP contribution < -0.4 is 5.32 Å². The van der Waals surface area contributed by atoms with Gasteiger partial charge in [0.2, 0.25) is 5.13 Å². The molecule has 1 aromatic heterocycles. The third kappa shape index (κ3) is 4.26. The number of thioether (sulfide) groups is 1. The number of carbonyl (C=O) groups is 1. The van der Waals surface area contributed by atoms with E-state index in [1.54, 1.807) is 11.8 Å². The molecule has 0 unspecified atom stereocenters. The van der Waals surface area contributed by atoms with Crippen molar-refractivity contribution in [3.63, 3.8) is 0 Å². The van der Waals surface area contributed by atoms with Gasteiger partial charge in [0.1, 0.15) is 0 Å². The predicted molar refractivity (Wildman–Crippen MR) is 83.8 cm³/mol. The zero-order chi connectivity index (χ0) is 15.5. The summed E-state index contributed by atoms with van der Waals surface area (Å²) < 4.78 is 23.5. The molecule has 0 radical (unpaired) electrons. The molecular formula is C12H13N3O3S3. The Balaban J connectivity index is 2.09. The third-order valence-electron chi connectivity index (χ3n) is 2.44. The van der Waals surface area contributed by atoms with E-state index in [0.717, 1.165) is 16.3 Å². The van der Waals surface area contributed by atoms with Crippen LogP contribution in [-0.2, 0) is 9.84 Å². The maximum absolute atomic E-state index is 12.0. The summed E-state index contributed by atoms with van der Waals surface area (Å²) in [7, 11) is -3.26. The van der Waals surface area contributed by atoms with Crippen LogP contribution in [0.3, 0.4) is 0 Å². The van der Waals surface area contributed by atoms with Gasteiger partial charge in [0, 0.05) is 11.8 Å². The van der Waals surface area contributed by atoms with Crippen LogP contribution in [0.15, 0.2) is 33.5 Å². The van der Waals surface area contributed by atoms with Crippen LogP contribution in [0.1, 0.15) is 17.3 Å². The fraction of sp³-hybridized carbons (Fsp3) is 0.250. The number of hydrogen-bond donors (Lipinski definition) is 1. The Morgan fingerprint density at radius 3 is 2.52 bits per heavy atom. The summed E-state index contributed by atoms with van der Waals surface area (Å²) in [6.45, 7) is 2.01. The van der Waals surface area contributed by atoms with E-state index in [9.17, 15) is 13.2 Å². The molecule has 6 nitrogen and oxygen atoms in total. The summed E-state index contributed by atoms with van der Waals surface area (Å²) in [4.78, 5) is 12.2. The summed E-state index contributed by atoms with van der Waals surface area (Å²) >= 11 is 2.85. The highest BCUT2D eigenvalue weighted by molar-refractivity contribution is 8.01. The van der Waals surface area contributed by atoms with Crippen LogP contribution in [0.25, 0.3) is 0 Å². The maximum Gasteiger partial charge on any atom is 0.257 e. The number of anilines is 1. The lowest BCUT2D eigenvalue weighted by Gasteiger charge is -2.02. The number of nitrogens with zero attached hydrogens (tertiary/aromatic N) is 2. The van der Waals surface area contributed by atoms with Gasteiger partial charge in [0.25, 0.3) is 5.91 Å². The number of hydrogen-bond acceptors (Lipinski definition) is 7. The molecule has 0 spiro atoms. The van der Waals surface area contributed by atoms with Crippen molar-refractivity contribution in [1.29, 1.82) is 0 Å². The number of carbonyl (C=O) groups excluding carboxylic acids is 1. The Hall–Kier alpha value is -1.45. The fourth-order valence-corrected chi connectivity index (χ4v) is 3.74. The Bertz CT molecular complexity index is 739. The molecule has 0 aliphatic rings. The number of aromatic nitrogens is 2. The summed E-state index contributed by atoms with van der Waals surface area (Å²) in [6, 6.07) is 5.74. The zero-order valence-corrected chi connectivity index (χ0v) is 13.8. The first-order chi connectivity index (χ1) is 9.90. The van der Waals surface area contributed by atoms with Gasteiger partial charge in [-0.2, -0.15) is 0 Å². The van der Waals surface area contributed by atoms with Crippen molar-refractivity contribution in [2.75, 3.05) is 17.3 Å². The molecule has 2 aromatic rings. The van der Waals surface area contributed by atoms with Gasteiger partial charge in [-0.05, 0) is 30.0 Å². The first kappa shape index (κ1) is 15.9. The van der Waals surface area contributed by atoms with E-state index >= 15 is 0 Å². The fourth-order valence-electron chi connectivity index (χ4n) is 1.46. The zero-order valence-electron chi connectivity index (χ0n) is 11.4. The lowest BCUT2D eigenvalue weighted by Crippen LogP contribution is -2.11. The highest BCUT2D eigenvalue weighted by atomic mass is 32.2. The van der Waals surface area contributed by atoms with E-state index in [-0.39, 0.29) is 10.8 Å². The highest BCUT2D eigenvalue weighted by Gasteiger charge is 2.12. The Labute approximate surface area is 130 Å². The van der Waals surface area contributed by atoms with E-state index in [1.807, 2.05) is 6.92 Å². The normalized spacial score (nSPS) is 11.3. The minimum Gasteiger partial charge on any atom is -0.296 e. The molecule has 0 saturated heterocycles. The summed E-state index contributed by atoms with van der Waals surface area (Å²) in [6.07, 6.45) is 1.12. The lowest BCUT2D eigenvalue weighted by atomic mass is 10.2. The second-order valence-electron chi connectivity index (χ2n) is 4.06. The first-order valence-corrected chi connectivity index (χ1v) is 9.67. The molecular weight excluding hydrogens is 330 g/mol. The average Bonchev–Trinajstić information content (AvgIpc) is 2.86. The quantitative estimate of drug-likeness (QED) is 0.662. The third-order valence-corrected chi connectivity index (χ3v) is 5.42. The molecule has 21 heavy (non-hydrogen) atoms. The molecule has 2 rings (SSSR count). The van der Waals surface area contributed by atoms with Crippen LogP contribution in [0.5, 0.6) is 0 Å². The van der Waals surface area contributed by atoms with Crippen molar-refractivity contribution in [3.05, 3.63) is 29.8 Å². The van der Waals surface area contributed by atoms with E-state index in [1.165, 1.54) is 35.6 Å². The number of sulfone groups is 1. The minimum absolute atomic E-state index is 0.177. The topological polar surface area (TPSA) is 89.0 Å². The van der Waals surface area contributed by atoms with Gasteiger partial charge in [0.15, 0.2) is 14.2 Å². The molecule has 0 aliphatic heterocycles. The van der Waals surface area contributed by atoms with Crippen LogP contribution in [0, 0.1) is 0 Å². The second kappa shape index (κ2) is 6.54. The van der Waals surface area contributed by atoms with Crippen molar-refractivity contribution in [1.82, 2.24) is 10.2 Å². The van der Waals surface area contributed by atoms with Crippen molar-refractivity contribution >= 4 is 44.0 Å². The van der Waals surface area contributed by atoms with Crippen molar-refractivity contribution < 1.29 is 13.2 Å². The van der Waals surface area contributed by atoms with Crippen LogP contribution in [0.4, 0.5) is 5.13 Å².